The number of amides is 1. The number of pyridine rings is 1. The van der Waals surface area contributed by atoms with Gasteiger partial charge < -0.3 is 4.90 Å². The predicted octanol–water partition coefficient (Wildman–Crippen LogP) is 3.37. The minimum atomic E-state index is -4.53. The lowest BCUT2D eigenvalue weighted by molar-refractivity contribution is -0.137. The molecule has 0 radical (unpaired) electrons. The van der Waals surface area contributed by atoms with Crippen molar-refractivity contribution in [3.63, 3.8) is 0 Å². The fourth-order valence-corrected chi connectivity index (χ4v) is 4.79. The van der Waals surface area contributed by atoms with Crippen molar-refractivity contribution in [3.8, 4) is 0 Å². The molecule has 0 saturated carbocycles. The van der Waals surface area contributed by atoms with Crippen LogP contribution in [0.4, 0.5) is 13.2 Å². The summed E-state index contributed by atoms with van der Waals surface area (Å²) in [7, 11) is -3.96. The van der Waals surface area contributed by atoms with Crippen molar-refractivity contribution in [2.24, 2.45) is 0 Å². The zero-order valence-corrected chi connectivity index (χ0v) is 17.9. The van der Waals surface area contributed by atoms with Crippen LogP contribution in [0, 0.1) is 6.92 Å². The second kappa shape index (κ2) is 8.91. The van der Waals surface area contributed by atoms with E-state index in [1.165, 1.54) is 4.31 Å². The fraction of sp³-hybridized carbons (Fsp3) is 0.368. The molecule has 2 aromatic rings. The lowest BCUT2D eigenvalue weighted by Crippen LogP contribution is -2.55. The number of aryl methyl sites for hydroxylation is 1. The molecule has 0 spiro atoms. The molecule has 1 fully saturated rings. The molecule has 1 aromatic carbocycles. The zero-order chi connectivity index (χ0) is 21.4. The first-order chi connectivity index (χ1) is 13.5. The largest absolute Gasteiger partial charge is 0.416 e. The molecule has 1 aliphatic rings. The minimum Gasteiger partial charge on any atom is -0.333 e. The van der Waals surface area contributed by atoms with Crippen molar-refractivity contribution >= 4 is 28.3 Å². The highest BCUT2D eigenvalue weighted by Gasteiger charge is 2.36. The summed E-state index contributed by atoms with van der Waals surface area (Å²) < 4.78 is 65.0. The van der Waals surface area contributed by atoms with Gasteiger partial charge in [0.15, 0.2) is 0 Å². The molecular formula is C19H21ClF3N3O3S. The number of hydrogen-bond acceptors (Lipinski definition) is 4. The summed E-state index contributed by atoms with van der Waals surface area (Å²) in [5.74, 6) is -0.227. The molecule has 3 rings (SSSR count). The molecule has 1 aromatic heterocycles. The lowest BCUT2D eigenvalue weighted by atomic mass is 10.1. The number of nitrogens with zero attached hydrogens (tertiary/aromatic N) is 3. The average molecular weight is 464 g/mol. The Balaban J connectivity index is 0.00000320. The van der Waals surface area contributed by atoms with Crippen LogP contribution in [0.25, 0.3) is 0 Å². The van der Waals surface area contributed by atoms with E-state index in [0.717, 1.165) is 24.3 Å². The van der Waals surface area contributed by atoms with Crippen molar-refractivity contribution in [1.29, 1.82) is 0 Å². The van der Waals surface area contributed by atoms with Crippen LogP contribution < -0.4 is 0 Å². The standard InChI is InChI=1S/C19H20F3N3O3S.ClH/c1-13-12-24(10-11-25(13)18(26)17-4-3-9-23-14(17)2)29(27,28)16-7-5-15(6-8-16)19(20,21)22;/h3-9,13H,10-12H2,1-2H3;1H/t13-;/m0./s1. The van der Waals surface area contributed by atoms with Crippen molar-refractivity contribution in [2.45, 2.75) is 31.0 Å². The number of carbonyl (C=O) groups is 1. The Bertz CT molecular complexity index is 1010. The Morgan fingerprint density at radius 3 is 2.30 bits per heavy atom. The Labute approximate surface area is 179 Å². The van der Waals surface area contributed by atoms with Gasteiger partial charge in [-0.25, -0.2) is 8.42 Å². The SMILES string of the molecule is Cc1ncccc1C(=O)N1CCN(S(=O)(=O)c2ccc(C(F)(F)F)cc2)C[C@@H]1C.Cl. The van der Waals surface area contributed by atoms with Gasteiger partial charge >= 0.3 is 6.18 Å². The summed E-state index contributed by atoms with van der Waals surface area (Å²) in [5, 5.41) is 0. The molecule has 1 amide bonds. The fourth-order valence-electron chi connectivity index (χ4n) is 3.27. The third-order valence-electron chi connectivity index (χ3n) is 4.91. The van der Waals surface area contributed by atoms with E-state index in [1.807, 2.05) is 0 Å². The number of piperazine rings is 1. The van der Waals surface area contributed by atoms with E-state index < -0.39 is 27.8 Å². The van der Waals surface area contributed by atoms with Gasteiger partial charge in [0, 0.05) is 37.6 Å². The van der Waals surface area contributed by atoms with E-state index in [1.54, 1.807) is 37.1 Å². The van der Waals surface area contributed by atoms with Gasteiger partial charge in [-0.3, -0.25) is 9.78 Å². The maximum atomic E-state index is 12.8. The topological polar surface area (TPSA) is 70.6 Å². The van der Waals surface area contributed by atoms with Crippen LogP contribution in [-0.2, 0) is 16.2 Å². The molecule has 0 N–H and O–H groups in total. The minimum absolute atomic E-state index is 0. The maximum Gasteiger partial charge on any atom is 0.416 e. The number of halogens is 4. The monoisotopic (exact) mass is 463 g/mol. The van der Waals surface area contributed by atoms with Gasteiger partial charge in [-0.15, -0.1) is 12.4 Å². The number of carbonyl (C=O) groups excluding carboxylic acids is 1. The smallest absolute Gasteiger partial charge is 0.333 e. The third kappa shape index (κ3) is 4.76. The Morgan fingerprint density at radius 1 is 1.13 bits per heavy atom. The molecule has 1 aliphatic heterocycles. The van der Waals surface area contributed by atoms with Gasteiger partial charge in [0.25, 0.3) is 5.91 Å². The molecule has 1 saturated heterocycles. The van der Waals surface area contributed by atoms with Crippen LogP contribution >= 0.6 is 12.4 Å². The van der Waals surface area contributed by atoms with E-state index in [4.69, 9.17) is 0 Å². The molecule has 0 aliphatic carbocycles. The van der Waals surface area contributed by atoms with Crippen LogP contribution in [0.2, 0.25) is 0 Å². The Morgan fingerprint density at radius 2 is 1.77 bits per heavy atom. The highest BCUT2D eigenvalue weighted by molar-refractivity contribution is 7.89. The van der Waals surface area contributed by atoms with E-state index in [9.17, 15) is 26.4 Å². The summed E-state index contributed by atoms with van der Waals surface area (Å²) in [4.78, 5) is 18.3. The van der Waals surface area contributed by atoms with Crippen molar-refractivity contribution in [2.75, 3.05) is 19.6 Å². The number of aromatic nitrogens is 1. The van der Waals surface area contributed by atoms with Crippen molar-refractivity contribution in [3.05, 3.63) is 59.4 Å². The number of hydrogen-bond donors (Lipinski definition) is 0. The van der Waals surface area contributed by atoms with E-state index in [2.05, 4.69) is 4.98 Å². The second-order valence-corrected chi connectivity index (χ2v) is 8.81. The summed E-state index contributed by atoms with van der Waals surface area (Å²) in [6.45, 7) is 3.74. The lowest BCUT2D eigenvalue weighted by Gasteiger charge is -2.39. The highest BCUT2D eigenvalue weighted by Crippen LogP contribution is 2.30. The first kappa shape index (κ1) is 24.1. The summed E-state index contributed by atoms with van der Waals surface area (Å²) in [5.41, 5.74) is 0.134. The molecule has 1 atom stereocenters. The Hall–Kier alpha value is -2.17. The van der Waals surface area contributed by atoms with Crippen molar-refractivity contribution < 1.29 is 26.4 Å². The molecule has 164 valence electrons. The molecule has 0 bridgehead atoms. The van der Waals surface area contributed by atoms with Gasteiger partial charge in [0.2, 0.25) is 10.0 Å². The van der Waals surface area contributed by atoms with Gasteiger partial charge in [-0.2, -0.15) is 17.5 Å². The van der Waals surface area contributed by atoms with Crippen LogP contribution in [0.15, 0.2) is 47.5 Å². The van der Waals surface area contributed by atoms with Gasteiger partial charge in [0.1, 0.15) is 0 Å². The number of rotatable bonds is 3. The molecule has 0 unspecified atom stereocenters. The van der Waals surface area contributed by atoms with Crippen LogP contribution in [0.3, 0.4) is 0 Å². The predicted molar refractivity (Wildman–Crippen MR) is 107 cm³/mol. The van der Waals surface area contributed by atoms with E-state index in [-0.39, 0.29) is 42.8 Å². The molecule has 30 heavy (non-hydrogen) atoms. The zero-order valence-electron chi connectivity index (χ0n) is 16.3. The molecular weight excluding hydrogens is 443 g/mol. The van der Waals surface area contributed by atoms with Gasteiger partial charge in [-0.1, -0.05) is 0 Å². The van der Waals surface area contributed by atoms with Crippen LogP contribution in [0.5, 0.6) is 0 Å². The highest BCUT2D eigenvalue weighted by atomic mass is 35.5. The molecule has 11 heteroatoms. The maximum absolute atomic E-state index is 12.8. The van der Waals surface area contributed by atoms with E-state index in [0.29, 0.717) is 11.3 Å². The first-order valence-corrected chi connectivity index (χ1v) is 10.4. The van der Waals surface area contributed by atoms with Gasteiger partial charge in [-0.05, 0) is 50.2 Å². The number of alkyl halides is 3. The average Bonchev–Trinajstić information content (AvgIpc) is 2.67. The normalized spacial score (nSPS) is 18.0. The van der Waals surface area contributed by atoms with Crippen LogP contribution in [-0.4, -0.2) is 54.2 Å². The molecule has 2 heterocycles. The first-order valence-electron chi connectivity index (χ1n) is 8.92. The number of benzene rings is 1. The van der Waals surface area contributed by atoms with Gasteiger partial charge in [0.05, 0.1) is 16.0 Å². The Kier molecular flexibility index (Phi) is 7.16. The van der Waals surface area contributed by atoms with Crippen molar-refractivity contribution in [1.82, 2.24) is 14.2 Å². The third-order valence-corrected chi connectivity index (χ3v) is 6.79. The molecule has 6 nitrogen and oxygen atoms in total. The summed E-state index contributed by atoms with van der Waals surface area (Å²) >= 11 is 0. The van der Waals surface area contributed by atoms with E-state index >= 15 is 0 Å². The summed E-state index contributed by atoms with van der Waals surface area (Å²) in [6, 6.07) is 6.35. The second-order valence-electron chi connectivity index (χ2n) is 6.87. The quantitative estimate of drug-likeness (QED) is 0.699. The summed E-state index contributed by atoms with van der Waals surface area (Å²) in [6.07, 6.45) is -2.95. The van der Waals surface area contributed by atoms with Crippen LogP contribution in [0.1, 0.15) is 28.5 Å². The number of sulfonamides is 1.